The fourth-order valence-corrected chi connectivity index (χ4v) is 3.90. The fraction of sp³-hybridized carbons (Fsp3) is 0.625. The largest absolute Gasteiger partial charge is 0.315 e. The molecule has 1 aromatic heterocycles. The minimum atomic E-state index is -2.83. The standard InChI is InChI=1S/C8H12N2O3S2/c11-8-10-7(4-14-8)3-9-6-1-2-15(12,13)5-6/h4,6,9H,1-3,5H2,(H,10,11). The van der Waals surface area contributed by atoms with E-state index < -0.39 is 9.84 Å². The van der Waals surface area contributed by atoms with Gasteiger partial charge >= 0.3 is 4.87 Å². The van der Waals surface area contributed by atoms with E-state index in [4.69, 9.17) is 0 Å². The molecule has 15 heavy (non-hydrogen) atoms. The molecule has 0 spiro atoms. The maximum absolute atomic E-state index is 11.2. The van der Waals surface area contributed by atoms with Gasteiger partial charge in [0, 0.05) is 23.7 Å². The van der Waals surface area contributed by atoms with Crippen LogP contribution in [-0.4, -0.2) is 30.9 Å². The van der Waals surface area contributed by atoms with Gasteiger partial charge in [-0.05, 0) is 6.42 Å². The molecule has 1 aliphatic heterocycles. The van der Waals surface area contributed by atoms with E-state index in [9.17, 15) is 13.2 Å². The van der Waals surface area contributed by atoms with Crippen LogP contribution in [0.2, 0.25) is 0 Å². The molecular weight excluding hydrogens is 236 g/mol. The maximum atomic E-state index is 11.2. The average molecular weight is 248 g/mol. The first-order chi connectivity index (χ1) is 7.05. The first-order valence-corrected chi connectivity index (χ1v) is 7.36. The summed E-state index contributed by atoms with van der Waals surface area (Å²) in [5, 5.41) is 4.87. The molecule has 0 saturated carbocycles. The molecule has 1 unspecified atom stereocenters. The molecule has 84 valence electrons. The van der Waals surface area contributed by atoms with Crippen molar-refractivity contribution in [3.05, 3.63) is 20.7 Å². The van der Waals surface area contributed by atoms with Gasteiger partial charge in [-0.25, -0.2) is 8.42 Å². The quantitative estimate of drug-likeness (QED) is 0.770. The molecule has 1 aliphatic rings. The second-order valence-corrected chi connectivity index (χ2v) is 6.73. The highest BCUT2D eigenvalue weighted by Gasteiger charge is 2.27. The van der Waals surface area contributed by atoms with Crippen LogP contribution in [0.1, 0.15) is 12.1 Å². The van der Waals surface area contributed by atoms with Crippen molar-refractivity contribution in [2.45, 2.75) is 19.0 Å². The number of rotatable bonds is 3. The molecular formula is C8H12N2O3S2. The van der Waals surface area contributed by atoms with Gasteiger partial charge in [0.1, 0.15) is 0 Å². The predicted octanol–water partition coefficient (Wildman–Crippen LogP) is -0.287. The van der Waals surface area contributed by atoms with Gasteiger partial charge in [0.25, 0.3) is 0 Å². The van der Waals surface area contributed by atoms with Crippen molar-refractivity contribution in [2.75, 3.05) is 11.5 Å². The van der Waals surface area contributed by atoms with Crippen LogP contribution < -0.4 is 10.2 Å². The van der Waals surface area contributed by atoms with Gasteiger partial charge in [0.05, 0.1) is 11.5 Å². The SMILES string of the molecule is O=c1[nH]c(CNC2CCS(=O)(=O)C2)cs1. The van der Waals surface area contributed by atoms with Gasteiger partial charge in [-0.2, -0.15) is 0 Å². The average Bonchev–Trinajstić information content (AvgIpc) is 2.69. The van der Waals surface area contributed by atoms with Crippen LogP contribution in [0, 0.1) is 0 Å². The molecule has 0 bridgehead atoms. The summed E-state index contributed by atoms with van der Waals surface area (Å²) in [6.45, 7) is 0.527. The summed E-state index contributed by atoms with van der Waals surface area (Å²) in [5.74, 6) is 0.478. The summed E-state index contributed by atoms with van der Waals surface area (Å²) in [6.07, 6.45) is 0.663. The Labute approximate surface area is 91.4 Å². The summed E-state index contributed by atoms with van der Waals surface area (Å²) in [7, 11) is -2.83. The molecule has 0 aliphatic carbocycles. The number of H-pyrrole nitrogens is 1. The van der Waals surface area contributed by atoms with Crippen LogP contribution in [0.5, 0.6) is 0 Å². The number of hydrogen-bond acceptors (Lipinski definition) is 5. The Hall–Kier alpha value is -0.660. The third-order valence-electron chi connectivity index (χ3n) is 2.38. The van der Waals surface area contributed by atoms with E-state index in [1.807, 2.05) is 0 Å². The van der Waals surface area contributed by atoms with E-state index in [0.29, 0.717) is 13.0 Å². The molecule has 1 atom stereocenters. The van der Waals surface area contributed by atoms with Crippen LogP contribution >= 0.6 is 11.3 Å². The van der Waals surface area contributed by atoms with E-state index in [0.717, 1.165) is 17.0 Å². The fourth-order valence-electron chi connectivity index (χ4n) is 1.61. The lowest BCUT2D eigenvalue weighted by atomic mass is 10.2. The van der Waals surface area contributed by atoms with E-state index in [-0.39, 0.29) is 22.4 Å². The number of nitrogens with one attached hydrogen (secondary N) is 2. The number of aromatic nitrogens is 1. The Balaban J connectivity index is 1.87. The van der Waals surface area contributed by atoms with Crippen LogP contribution in [0.25, 0.3) is 0 Å². The Morgan fingerprint density at radius 2 is 2.40 bits per heavy atom. The summed E-state index contributed by atoms with van der Waals surface area (Å²) in [6, 6.07) is 0.0263. The lowest BCUT2D eigenvalue weighted by Crippen LogP contribution is -2.29. The zero-order valence-corrected chi connectivity index (χ0v) is 9.66. The minimum Gasteiger partial charge on any atom is -0.315 e. The van der Waals surface area contributed by atoms with Crippen molar-refractivity contribution < 1.29 is 8.42 Å². The maximum Gasteiger partial charge on any atom is 0.304 e. The number of thiazole rings is 1. The molecule has 2 heterocycles. The van der Waals surface area contributed by atoms with E-state index in [1.54, 1.807) is 5.38 Å². The highest BCUT2D eigenvalue weighted by molar-refractivity contribution is 7.91. The molecule has 0 amide bonds. The highest BCUT2D eigenvalue weighted by Crippen LogP contribution is 2.11. The Kier molecular flexibility index (Phi) is 2.94. The molecule has 2 rings (SSSR count). The number of aromatic amines is 1. The first kappa shape index (κ1) is 10.8. The van der Waals surface area contributed by atoms with Crippen LogP contribution in [0.4, 0.5) is 0 Å². The predicted molar refractivity (Wildman–Crippen MR) is 58.8 cm³/mol. The Morgan fingerprint density at radius 1 is 1.60 bits per heavy atom. The van der Waals surface area contributed by atoms with E-state index >= 15 is 0 Å². The van der Waals surface area contributed by atoms with Gasteiger partial charge in [-0.3, -0.25) is 4.79 Å². The molecule has 7 heteroatoms. The van der Waals surface area contributed by atoms with Crippen LogP contribution in [0.15, 0.2) is 10.2 Å². The lowest BCUT2D eigenvalue weighted by Gasteiger charge is -2.08. The van der Waals surface area contributed by atoms with Gasteiger partial charge < -0.3 is 10.3 Å². The van der Waals surface area contributed by atoms with Gasteiger partial charge in [-0.15, -0.1) is 0 Å². The minimum absolute atomic E-state index is 0.0263. The molecule has 2 N–H and O–H groups in total. The third-order valence-corrected chi connectivity index (χ3v) is 4.87. The summed E-state index contributed by atoms with van der Waals surface area (Å²) in [4.78, 5) is 13.4. The van der Waals surface area contributed by atoms with Gasteiger partial charge in [0.2, 0.25) is 0 Å². The van der Waals surface area contributed by atoms with Crippen molar-refractivity contribution in [1.29, 1.82) is 0 Å². The molecule has 0 radical (unpaired) electrons. The zero-order valence-electron chi connectivity index (χ0n) is 8.02. The summed E-state index contributed by atoms with van der Waals surface area (Å²) >= 11 is 1.12. The third kappa shape index (κ3) is 2.90. The van der Waals surface area contributed by atoms with Crippen molar-refractivity contribution in [1.82, 2.24) is 10.3 Å². The van der Waals surface area contributed by atoms with Crippen molar-refractivity contribution in [3.8, 4) is 0 Å². The molecule has 5 nitrogen and oxygen atoms in total. The number of sulfone groups is 1. The van der Waals surface area contributed by atoms with E-state index in [2.05, 4.69) is 10.3 Å². The lowest BCUT2D eigenvalue weighted by molar-refractivity contribution is 0.549. The molecule has 0 aromatic carbocycles. The second kappa shape index (κ2) is 4.07. The molecule has 1 saturated heterocycles. The van der Waals surface area contributed by atoms with Gasteiger partial charge in [-0.1, -0.05) is 11.3 Å². The van der Waals surface area contributed by atoms with Crippen LogP contribution in [0.3, 0.4) is 0 Å². The van der Waals surface area contributed by atoms with Crippen molar-refractivity contribution in [2.24, 2.45) is 0 Å². The highest BCUT2D eigenvalue weighted by atomic mass is 32.2. The summed E-state index contributed by atoms with van der Waals surface area (Å²) in [5.41, 5.74) is 0.814. The topological polar surface area (TPSA) is 79.0 Å². The van der Waals surface area contributed by atoms with Crippen molar-refractivity contribution >= 4 is 21.2 Å². The molecule has 1 fully saturated rings. The first-order valence-electron chi connectivity index (χ1n) is 4.66. The normalized spacial score (nSPS) is 24.4. The monoisotopic (exact) mass is 248 g/mol. The Morgan fingerprint density at radius 3 is 2.93 bits per heavy atom. The van der Waals surface area contributed by atoms with Gasteiger partial charge in [0.15, 0.2) is 9.84 Å². The number of hydrogen-bond donors (Lipinski definition) is 2. The Bertz CT molecular complexity index is 488. The van der Waals surface area contributed by atoms with Crippen molar-refractivity contribution in [3.63, 3.8) is 0 Å². The summed E-state index contributed by atoms with van der Waals surface area (Å²) < 4.78 is 22.3. The zero-order chi connectivity index (χ0) is 10.9. The second-order valence-electron chi connectivity index (χ2n) is 3.65. The smallest absolute Gasteiger partial charge is 0.304 e. The molecule has 1 aromatic rings. The van der Waals surface area contributed by atoms with Crippen LogP contribution in [-0.2, 0) is 16.4 Å². The van der Waals surface area contributed by atoms with E-state index in [1.165, 1.54) is 0 Å².